The van der Waals surface area contributed by atoms with Gasteiger partial charge in [-0.15, -0.1) is 0 Å². The van der Waals surface area contributed by atoms with Crippen molar-refractivity contribution < 1.29 is 26.9 Å². The van der Waals surface area contributed by atoms with Crippen LogP contribution >= 0.6 is 11.3 Å². The van der Waals surface area contributed by atoms with E-state index in [2.05, 4.69) is 9.88 Å². The number of piperidine rings is 1. The molecule has 0 N–H and O–H groups in total. The minimum Gasteiger partial charge on any atom is -0.348 e. The molecular weight excluding hydrogens is 519 g/mol. The number of nitrogens with zero attached hydrogens (tertiary/aromatic N) is 4. The van der Waals surface area contributed by atoms with Gasteiger partial charge in [0.1, 0.15) is 16.3 Å². The number of halogens is 5. The predicted octanol–water partition coefficient (Wildman–Crippen LogP) is 5.53. The normalized spacial score (nSPS) is 18.7. The topological polar surface area (TPSA) is 79.6 Å². The SMILES string of the molecule is CC(c1cc(F)cc(F)c1)N1CC2(CCN(c3nc(=O)c4cc(C(F)(F)F)cc([N+](=O)[O-])c4s3)CC2)C1. The van der Waals surface area contributed by atoms with E-state index in [4.69, 9.17) is 0 Å². The van der Waals surface area contributed by atoms with Gasteiger partial charge >= 0.3 is 6.18 Å². The average Bonchev–Trinajstić information content (AvgIpc) is 2.80. The van der Waals surface area contributed by atoms with E-state index in [0.29, 0.717) is 30.8 Å². The minimum atomic E-state index is -4.84. The Labute approximate surface area is 211 Å². The van der Waals surface area contributed by atoms with Crippen LogP contribution < -0.4 is 10.5 Å². The lowest BCUT2D eigenvalue weighted by molar-refractivity contribution is -0.383. The van der Waals surface area contributed by atoms with Gasteiger partial charge in [0, 0.05) is 44.4 Å². The van der Waals surface area contributed by atoms with Gasteiger partial charge in [-0.1, -0.05) is 11.3 Å². The number of nitro groups is 1. The van der Waals surface area contributed by atoms with E-state index < -0.39 is 44.9 Å². The molecule has 196 valence electrons. The van der Waals surface area contributed by atoms with Crippen LogP contribution in [0.25, 0.3) is 10.1 Å². The Bertz CT molecular complexity index is 1420. The van der Waals surface area contributed by atoms with Gasteiger partial charge in [-0.05, 0) is 48.9 Å². The van der Waals surface area contributed by atoms with E-state index in [1.54, 1.807) is 0 Å². The molecule has 3 aromatic rings. The Morgan fingerprint density at radius 2 is 1.70 bits per heavy atom. The molecule has 1 atom stereocenters. The number of hydrogen-bond donors (Lipinski definition) is 0. The third-order valence-corrected chi connectivity index (χ3v) is 8.47. The summed E-state index contributed by atoms with van der Waals surface area (Å²) in [7, 11) is 0. The van der Waals surface area contributed by atoms with Gasteiger partial charge in [-0.2, -0.15) is 18.2 Å². The van der Waals surface area contributed by atoms with Crippen LogP contribution in [0.3, 0.4) is 0 Å². The minimum absolute atomic E-state index is 0.00789. The Hall–Kier alpha value is -3.19. The largest absolute Gasteiger partial charge is 0.416 e. The van der Waals surface area contributed by atoms with Crippen molar-refractivity contribution in [1.29, 1.82) is 0 Å². The van der Waals surface area contributed by atoms with Crippen molar-refractivity contribution in [3.63, 3.8) is 0 Å². The summed E-state index contributed by atoms with van der Waals surface area (Å²) < 4.78 is 66.7. The number of anilines is 1. The van der Waals surface area contributed by atoms with Crippen molar-refractivity contribution >= 4 is 32.2 Å². The second kappa shape index (κ2) is 8.98. The summed E-state index contributed by atoms with van der Waals surface area (Å²) in [6.45, 7) is 4.38. The second-order valence-electron chi connectivity index (χ2n) is 9.70. The first-order chi connectivity index (χ1) is 17.3. The number of hydrogen-bond acceptors (Lipinski definition) is 7. The first kappa shape index (κ1) is 25.5. The number of non-ortho nitro benzene ring substituents is 1. The molecule has 13 heteroatoms. The first-order valence-electron chi connectivity index (χ1n) is 11.5. The molecule has 1 unspecified atom stereocenters. The van der Waals surface area contributed by atoms with Crippen molar-refractivity contribution in [2.24, 2.45) is 5.41 Å². The summed E-state index contributed by atoms with van der Waals surface area (Å²) in [5.41, 5.74) is -2.43. The smallest absolute Gasteiger partial charge is 0.348 e. The Morgan fingerprint density at radius 3 is 2.27 bits per heavy atom. The third kappa shape index (κ3) is 4.77. The number of alkyl halides is 3. The lowest BCUT2D eigenvalue weighted by Crippen LogP contribution is -2.60. The third-order valence-electron chi connectivity index (χ3n) is 7.30. The summed E-state index contributed by atoms with van der Waals surface area (Å²) in [5, 5.41) is 11.3. The fourth-order valence-electron chi connectivity index (χ4n) is 5.18. The molecule has 7 nitrogen and oxygen atoms in total. The van der Waals surface area contributed by atoms with Crippen LogP contribution in [0.5, 0.6) is 0 Å². The number of aromatic nitrogens is 1. The molecule has 2 aliphatic heterocycles. The molecule has 1 spiro atoms. The number of nitro benzene ring substituents is 1. The van der Waals surface area contributed by atoms with Crippen LogP contribution in [-0.2, 0) is 6.18 Å². The number of rotatable bonds is 4. The van der Waals surface area contributed by atoms with Gasteiger partial charge in [-0.3, -0.25) is 19.8 Å². The molecule has 1 aromatic heterocycles. The van der Waals surface area contributed by atoms with E-state index in [9.17, 15) is 36.9 Å². The zero-order valence-corrected chi connectivity index (χ0v) is 20.3. The Kier molecular flexibility index (Phi) is 6.18. The van der Waals surface area contributed by atoms with Crippen molar-refractivity contribution in [3.05, 3.63) is 73.6 Å². The lowest BCUT2D eigenvalue weighted by atomic mass is 9.71. The predicted molar refractivity (Wildman–Crippen MR) is 128 cm³/mol. The van der Waals surface area contributed by atoms with Crippen molar-refractivity contribution in [2.45, 2.75) is 32.0 Å². The monoisotopic (exact) mass is 540 g/mol. The maximum absolute atomic E-state index is 13.6. The van der Waals surface area contributed by atoms with Gasteiger partial charge in [0.05, 0.1) is 15.9 Å². The molecule has 37 heavy (non-hydrogen) atoms. The van der Waals surface area contributed by atoms with Crippen LogP contribution in [0.2, 0.25) is 0 Å². The summed E-state index contributed by atoms with van der Waals surface area (Å²) in [6, 6.07) is 4.38. The molecule has 0 bridgehead atoms. The lowest BCUT2D eigenvalue weighted by Gasteiger charge is -2.56. The van der Waals surface area contributed by atoms with Crippen molar-refractivity contribution in [1.82, 2.24) is 9.88 Å². The standard InChI is InChI=1S/C24H21F5N4O3S/c1-13(14-6-16(25)10-17(26)7-14)32-11-23(12-32)2-4-31(5-3-23)22-30-21(34)18-8-15(24(27,28)29)9-19(33(35)36)20(18)37-22/h6-10,13H,2-5,11-12H2,1H3. The van der Waals surface area contributed by atoms with Crippen molar-refractivity contribution in [2.75, 3.05) is 31.1 Å². The van der Waals surface area contributed by atoms with Crippen LogP contribution in [0.4, 0.5) is 32.8 Å². The number of benzene rings is 2. The van der Waals surface area contributed by atoms with Gasteiger partial charge in [0.15, 0.2) is 5.13 Å². The molecule has 2 aliphatic rings. The second-order valence-corrected chi connectivity index (χ2v) is 10.7. The fourth-order valence-corrected chi connectivity index (χ4v) is 6.30. The Morgan fingerprint density at radius 1 is 1.08 bits per heavy atom. The quantitative estimate of drug-likeness (QED) is 0.246. The first-order valence-corrected chi connectivity index (χ1v) is 12.3. The number of likely N-dealkylation sites (tertiary alicyclic amines) is 1. The van der Waals surface area contributed by atoms with Crippen LogP contribution in [-0.4, -0.2) is 41.0 Å². The fraction of sp³-hybridized carbons (Fsp3) is 0.417. The summed E-state index contributed by atoms with van der Waals surface area (Å²) >= 11 is 0.837. The Balaban J connectivity index is 1.32. The highest BCUT2D eigenvalue weighted by molar-refractivity contribution is 7.22. The molecule has 0 aliphatic carbocycles. The van der Waals surface area contributed by atoms with E-state index >= 15 is 0 Å². The molecule has 2 fully saturated rings. The van der Waals surface area contributed by atoms with Gasteiger partial charge in [0.25, 0.3) is 11.2 Å². The molecule has 0 radical (unpaired) electrons. The van der Waals surface area contributed by atoms with E-state index in [-0.39, 0.29) is 21.3 Å². The van der Waals surface area contributed by atoms with Crippen LogP contribution in [0.1, 0.15) is 36.9 Å². The van der Waals surface area contributed by atoms with Gasteiger partial charge in [-0.25, -0.2) is 8.78 Å². The summed E-state index contributed by atoms with van der Waals surface area (Å²) in [5.74, 6) is -1.25. The molecule has 3 heterocycles. The van der Waals surface area contributed by atoms with Crippen LogP contribution in [0.15, 0.2) is 35.1 Å². The summed E-state index contributed by atoms with van der Waals surface area (Å²) in [4.78, 5) is 31.1. The maximum atomic E-state index is 13.6. The molecular formula is C24H21F5N4O3S. The summed E-state index contributed by atoms with van der Waals surface area (Å²) in [6.07, 6.45) is -3.36. The number of fused-ring (bicyclic) bond motifs is 1. The van der Waals surface area contributed by atoms with Gasteiger partial charge in [0.2, 0.25) is 0 Å². The van der Waals surface area contributed by atoms with Crippen molar-refractivity contribution in [3.8, 4) is 0 Å². The van der Waals surface area contributed by atoms with Gasteiger partial charge < -0.3 is 4.90 Å². The average molecular weight is 541 g/mol. The molecule has 0 amide bonds. The maximum Gasteiger partial charge on any atom is 0.416 e. The molecule has 5 rings (SSSR count). The van der Waals surface area contributed by atoms with E-state index in [0.717, 1.165) is 43.3 Å². The molecule has 2 saturated heterocycles. The highest BCUT2D eigenvalue weighted by Gasteiger charge is 2.46. The van der Waals surface area contributed by atoms with E-state index in [1.165, 1.54) is 12.1 Å². The van der Waals surface area contributed by atoms with E-state index in [1.807, 2.05) is 11.8 Å². The zero-order chi connectivity index (χ0) is 26.7. The molecule has 0 saturated carbocycles. The zero-order valence-electron chi connectivity index (χ0n) is 19.5. The van der Waals surface area contributed by atoms with Crippen LogP contribution in [0, 0.1) is 27.2 Å². The highest BCUT2D eigenvalue weighted by Crippen LogP contribution is 2.45. The highest BCUT2D eigenvalue weighted by atomic mass is 32.1. The molecule has 2 aromatic carbocycles.